The van der Waals surface area contributed by atoms with Crippen LogP contribution in [0.5, 0.6) is 0 Å². The zero-order valence-electron chi connectivity index (χ0n) is 23.7. The summed E-state index contributed by atoms with van der Waals surface area (Å²) in [6, 6.07) is 13.7. The van der Waals surface area contributed by atoms with Gasteiger partial charge in [-0.25, -0.2) is 5.10 Å². The van der Waals surface area contributed by atoms with Crippen LogP contribution in [0.4, 0.5) is 0 Å². The lowest BCUT2D eigenvalue weighted by molar-refractivity contribution is -0.139. The van der Waals surface area contributed by atoms with Crippen molar-refractivity contribution in [3.05, 3.63) is 93.1 Å². The van der Waals surface area contributed by atoms with E-state index in [0.29, 0.717) is 45.4 Å². The summed E-state index contributed by atoms with van der Waals surface area (Å²) in [4.78, 5) is 37.7. The molecular formula is C31H32ClN7O4. The highest BCUT2D eigenvalue weighted by Crippen LogP contribution is 2.32. The second-order valence-corrected chi connectivity index (χ2v) is 11.0. The van der Waals surface area contributed by atoms with Crippen molar-refractivity contribution < 1.29 is 14.3 Å². The van der Waals surface area contributed by atoms with Crippen molar-refractivity contribution in [2.45, 2.75) is 51.0 Å². The summed E-state index contributed by atoms with van der Waals surface area (Å²) >= 11 is 6.23. The highest BCUT2D eigenvalue weighted by molar-refractivity contribution is 6.30. The van der Waals surface area contributed by atoms with Gasteiger partial charge in [0.05, 0.1) is 36.5 Å². The number of hydrogen-bond acceptors (Lipinski definition) is 8. The first-order chi connectivity index (χ1) is 20.9. The summed E-state index contributed by atoms with van der Waals surface area (Å²) in [5.41, 5.74) is 3.44. The van der Waals surface area contributed by atoms with E-state index in [4.69, 9.17) is 16.3 Å². The lowest BCUT2D eigenvalue weighted by atomic mass is 9.84. The van der Waals surface area contributed by atoms with Gasteiger partial charge in [0.1, 0.15) is 6.33 Å². The first-order valence-corrected chi connectivity index (χ1v) is 14.5. The second kappa shape index (κ2) is 14.0. The highest BCUT2D eigenvalue weighted by Gasteiger charge is 2.24. The average Bonchev–Trinajstić information content (AvgIpc) is 3.56. The van der Waals surface area contributed by atoms with Gasteiger partial charge in [0.2, 0.25) is 5.91 Å². The minimum atomic E-state index is -0.423. The maximum Gasteiger partial charge on any atom is 0.309 e. The molecule has 1 saturated carbocycles. The van der Waals surface area contributed by atoms with Gasteiger partial charge in [-0.3, -0.25) is 14.4 Å². The van der Waals surface area contributed by atoms with Gasteiger partial charge in [-0.15, -0.1) is 5.10 Å². The number of ether oxygens (including phenoxy) is 1. The molecular weight excluding hydrogens is 570 g/mol. The van der Waals surface area contributed by atoms with Crippen molar-refractivity contribution in [1.29, 1.82) is 0 Å². The van der Waals surface area contributed by atoms with Crippen molar-refractivity contribution in [2.75, 3.05) is 7.11 Å². The molecule has 11 nitrogen and oxygen atoms in total. The molecule has 12 heteroatoms. The fourth-order valence-electron chi connectivity index (χ4n) is 5.39. The number of methoxy groups -OCH3 is 1. The normalized spacial score (nSPS) is 14.5. The van der Waals surface area contributed by atoms with E-state index in [-0.39, 0.29) is 23.9 Å². The number of rotatable bonds is 10. The molecule has 4 aromatic rings. The maximum atomic E-state index is 13.3. The molecule has 0 aliphatic heterocycles. The molecule has 2 heterocycles. The number of halogens is 1. The Morgan fingerprint density at radius 3 is 2.65 bits per heavy atom. The molecule has 43 heavy (non-hydrogen) atoms. The molecule has 5 rings (SSSR count). The van der Waals surface area contributed by atoms with Gasteiger partial charge in [0.25, 0.3) is 5.56 Å². The SMILES string of the molecule is COC(=O)Cc1ccc(-c2cc([C@H](CC3CCCCC3)NC(=O)/C=C/c3cc(Cl)ccc3-n3cnnn3)n[nH]c2=O)cc1. The van der Waals surface area contributed by atoms with Gasteiger partial charge < -0.3 is 10.1 Å². The Balaban J connectivity index is 1.40. The first kappa shape index (κ1) is 29.8. The lowest BCUT2D eigenvalue weighted by Crippen LogP contribution is -2.31. The molecule has 0 radical (unpaired) electrons. The number of carbonyl (C=O) groups excluding carboxylic acids is 2. The van der Waals surface area contributed by atoms with Crippen LogP contribution in [-0.2, 0) is 20.7 Å². The molecule has 222 valence electrons. The summed E-state index contributed by atoms with van der Waals surface area (Å²) in [5.74, 6) is -0.226. The second-order valence-electron chi connectivity index (χ2n) is 10.6. The van der Waals surface area contributed by atoms with Crippen molar-refractivity contribution in [2.24, 2.45) is 5.92 Å². The molecule has 1 aliphatic carbocycles. The molecule has 1 fully saturated rings. The van der Waals surface area contributed by atoms with Gasteiger partial charge in [-0.1, -0.05) is 68.0 Å². The third kappa shape index (κ3) is 7.81. The smallest absolute Gasteiger partial charge is 0.309 e. The van der Waals surface area contributed by atoms with Crippen LogP contribution in [0.2, 0.25) is 5.02 Å². The third-order valence-corrected chi connectivity index (χ3v) is 7.87. The number of nitrogens with zero attached hydrogens (tertiary/aromatic N) is 5. The summed E-state index contributed by atoms with van der Waals surface area (Å²) in [7, 11) is 1.35. The van der Waals surface area contributed by atoms with Gasteiger partial charge in [-0.2, -0.15) is 9.78 Å². The summed E-state index contributed by atoms with van der Waals surface area (Å²) in [6.07, 6.45) is 11.1. The monoisotopic (exact) mass is 601 g/mol. The molecule has 0 bridgehead atoms. The van der Waals surface area contributed by atoms with Crippen LogP contribution < -0.4 is 10.9 Å². The van der Waals surface area contributed by atoms with Crippen molar-refractivity contribution in [3.8, 4) is 16.8 Å². The minimum absolute atomic E-state index is 0.143. The van der Waals surface area contributed by atoms with Gasteiger partial charge in [-0.05, 0) is 64.2 Å². The quantitative estimate of drug-likeness (QED) is 0.198. The minimum Gasteiger partial charge on any atom is -0.469 e. The predicted octanol–water partition coefficient (Wildman–Crippen LogP) is 4.62. The van der Waals surface area contributed by atoms with Crippen molar-refractivity contribution in [1.82, 2.24) is 35.7 Å². The van der Waals surface area contributed by atoms with E-state index in [2.05, 4.69) is 31.0 Å². The van der Waals surface area contributed by atoms with E-state index in [0.717, 1.165) is 31.2 Å². The van der Waals surface area contributed by atoms with Crippen LogP contribution >= 0.6 is 11.6 Å². The van der Waals surface area contributed by atoms with E-state index in [1.807, 2.05) is 0 Å². The molecule has 0 saturated heterocycles. The van der Waals surface area contributed by atoms with E-state index >= 15 is 0 Å². The Hall–Kier alpha value is -4.64. The third-order valence-electron chi connectivity index (χ3n) is 7.63. The predicted molar refractivity (Wildman–Crippen MR) is 161 cm³/mol. The number of aromatic nitrogens is 6. The van der Waals surface area contributed by atoms with E-state index in [1.165, 1.54) is 30.6 Å². The topological polar surface area (TPSA) is 145 Å². The number of H-pyrrole nitrogens is 1. The molecule has 1 atom stereocenters. The van der Waals surface area contributed by atoms with Crippen LogP contribution in [0.3, 0.4) is 0 Å². The summed E-state index contributed by atoms with van der Waals surface area (Å²) < 4.78 is 6.23. The molecule has 1 amide bonds. The Morgan fingerprint density at radius 2 is 1.93 bits per heavy atom. The number of aromatic amines is 1. The van der Waals surface area contributed by atoms with E-state index in [1.54, 1.807) is 54.6 Å². The number of hydrogen-bond donors (Lipinski definition) is 2. The van der Waals surface area contributed by atoms with Crippen LogP contribution in [0.1, 0.15) is 61.4 Å². The Bertz CT molecular complexity index is 1650. The van der Waals surface area contributed by atoms with Gasteiger partial charge >= 0.3 is 5.97 Å². The van der Waals surface area contributed by atoms with Crippen LogP contribution in [0.25, 0.3) is 22.9 Å². The number of benzene rings is 2. The highest BCUT2D eigenvalue weighted by atomic mass is 35.5. The van der Waals surface area contributed by atoms with Crippen LogP contribution in [-0.4, -0.2) is 49.4 Å². The molecule has 0 unspecified atom stereocenters. The molecule has 2 aromatic heterocycles. The number of nitrogens with one attached hydrogen (secondary N) is 2. The van der Waals surface area contributed by atoms with Crippen molar-refractivity contribution in [3.63, 3.8) is 0 Å². The zero-order chi connectivity index (χ0) is 30.2. The van der Waals surface area contributed by atoms with E-state index < -0.39 is 6.04 Å². The van der Waals surface area contributed by atoms with Gasteiger partial charge in [0.15, 0.2) is 0 Å². The fraction of sp³-hybridized carbons (Fsp3) is 0.323. The van der Waals surface area contributed by atoms with Crippen LogP contribution in [0.15, 0.2) is 65.7 Å². The summed E-state index contributed by atoms with van der Waals surface area (Å²) in [5, 5.41) is 21.9. The maximum absolute atomic E-state index is 13.3. The van der Waals surface area contributed by atoms with Gasteiger partial charge in [0, 0.05) is 16.7 Å². The zero-order valence-corrected chi connectivity index (χ0v) is 24.5. The first-order valence-electron chi connectivity index (χ1n) is 14.2. The lowest BCUT2D eigenvalue weighted by Gasteiger charge is -2.26. The number of amides is 1. The Labute approximate surface area is 253 Å². The Morgan fingerprint density at radius 1 is 1.14 bits per heavy atom. The molecule has 1 aliphatic rings. The molecule has 2 aromatic carbocycles. The fourth-order valence-corrected chi connectivity index (χ4v) is 5.57. The molecule has 0 spiro atoms. The summed E-state index contributed by atoms with van der Waals surface area (Å²) in [6.45, 7) is 0. The Kier molecular flexibility index (Phi) is 9.73. The average molecular weight is 602 g/mol. The molecule has 2 N–H and O–H groups in total. The number of tetrazole rings is 1. The largest absolute Gasteiger partial charge is 0.469 e. The van der Waals surface area contributed by atoms with Crippen molar-refractivity contribution >= 4 is 29.6 Å². The number of esters is 1. The van der Waals surface area contributed by atoms with Crippen LogP contribution in [0, 0.1) is 5.92 Å². The standard InChI is InChI=1S/C31H32ClN7O4/c1-43-30(41)16-21-7-9-22(10-8-21)25-18-27(35-36-31(25)42)26(15-20-5-3-2-4-6-20)34-29(40)14-11-23-17-24(32)12-13-28(23)39-19-33-37-38-39/h7-14,17-20,26H,2-6,15-16H2,1H3,(H,34,40)(H,36,42)/b14-11+/t26-/m0/s1. The van der Waals surface area contributed by atoms with E-state index in [9.17, 15) is 14.4 Å². The number of carbonyl (C=O) groups is 2.